The molecule has 0 saturated carbocycles. The van der Waals surface area contributed by atoms with Gasteiger partial charge in [0.15, 0.2) is 5.78 Å². The Labute approximate surface area is 186 Å². The molecule has 0 unspecified atom stereocenters. The maximum absolute atomic E-state index is 13.0. The fourth-order valence-corrected chi connectivity index (χ4v) is 4.79. The quantitative estimate of drug-likeness (QED) is 0.547. The summed E-state index contributed by atoms with van der Waals surface area (Å²) in [6, 6.07) is 15.1. The number of aryl methyl sites for hydroxylation is 2. The van der Waals surface area contributed by atoms with Crippen molar-refractivity contribution in [2.75, 3.05) is 25.1 Å². The normalized spacial score (nSPS) is 13.5. The van der Waals surface area contributed by atoms with Gasteiger partial charge in [-0.25, -0.2) is 0 Å². The summed E-state index contributed by atoms with van der Waals surface area (Å²) in [5.74, 6) is 0.390. The van der Waals surface area contributed by atoms with Crippen molar-refractivity contribution in [3.8, 4) is 5.75 Å². The van der Waals surface area contributed by atoms with Crippen LogP contribution in [-0.2, 0) is 4.79 Å². The number of hydrogen-bond acceptors (Lipinski definition) is 5. The lowest BCUT2D eigenvalue weighted by Gasteiger charge is -2.20. The van der Waals surface area contributed by atoms with Crippen LogP contribution in [-0.4, -0.2) is 37.6 Å². The Balaban J connectivity index is 1.73. The predicted octanol–water partition coefficient (Wildman–Crippen LogP) is 4.75. The van der Waals surface area contributed by atoms with Crippen LogP contribution in [0, 0.1) is 20.8 Å². The van der Waals surface area contributed by atoms with Crippen molar-refractivity contribution < 1.29 is 14.3 Å². The molecule has 0 spiro atoms. The molecular formula is C25H24N2O3S. The molecule has 1 aliphatic rings. The lowest BCUT2D eigenvalue weighted by atomic mass is 9.99. The summed E-state index contributed by atoms with van der Waals surface area (Å²) in [6.45, 7) is 6.12. The molecular weight excluding hydrogens is 408 g/mol. The first kappa shape index (κ1) is 21.0. The summed E-state index contributed by atoms with van der Waals surface area (Å²) in [6.07, 6.45) is 0. The van der Waals surface area contributed by atoms with Gasteiger partial charge in [0.05, 0.1) is 19.4 Å². The number of thiophene rings is 1. The highest BCUT2D eigenvalue weighted by atomic mass is 32.1. The number of amides is 1. The molecule has 1 aromatic heterocycles. The fraction of sp³-hybridized carbons (Fsp3) is 0.240. The van der Waals surface area contributed by atoms with Gasteiger partial charge in [0.25, 0.3) is 0 Å². The first-order valence-corrected chi connectivity index (χ1v) is 10.9. The summed E-state index contributed by atoms with van der Waals surface area (Å²) in [5, 5.41) is 0.790. The summed E-state index contributed by atoms with van der Waals surface area (Å²) in [7, 11) is 1.58. The maximum atomic E-state index is 13.0. The van der Waals surface area contributed by atoms with E-state index < -0.39 is 0 Å². The highest BCUT2D eigenvalue weighted by Gasteiger charge is 2.31. The van der Waals surface area contributed by atoms with E-state index in [0.29, 0.717) is 11.3 Å². The Bertz CT molecular complexity index is 1170. The van der Waals surface area contributed by atoms with Crippen molar-refractivity contribution in [1.29, 1.82) is 0 Å². The second-order valence-electron chi connectivity index (χ2n) is 7.63. The van der Waals surface area contributed by atoms with Crippen molar-refractivity contribution in [3.63, 3.8) is 0 Å². The number of Topliss-reactive ketones (excluding diaryl/α,β-unsaturated/α-hetero) is 1. The van der Waals surface area contributed by atoms with Gasteiger partial charge in [-0.15, -0.1) is 11.3 Å². The fourth-order valence-electron chi connectivity index (χ4n) is 3.62. The molecule has 1 amide bonds. The Morgan fingerprint density at radius 1 is 1.06 bits per heavy atom. The van der Waals surface area contributed by atoms with E-state index in [1.54, 1.807) is 36.3 Å². The van der Waals surface area contributed by atoms with Crippen molar-refractivity contribution >= 4 is 33.7 Å². The van der Waals surface area contributed by atoms with Gasteiger partial charge in [-0.05, 0) is 50.6 Å². The number of fused-ring (bicyclic) bond motifs is 1. The minimum Gasteiger partial charge on any atom is -0.497 e. The standard InChI is InChI=1S/C25H24N2O3S/c1-15-5-7-19(8-6-15)24-23-16(2)17(3)31-25(23)27(22(29)13-26-24)14-21(28)18-9-11-20(30-4)12-10-18/h5-12H,13-14H2,1-4H3. The third-order valence-electron chi connectivity index (χ3n) is 5.56. The Morgan fingerprint density at radius 2 is 1.74 bits per heavy atom. The number of anilines is 1. The first-order chi connectivity index (χ1) is 14.9. The van der Waals surface area contributed by atoms with E-state index in [1.807, 2.05) is 45.0 Å². The number of methoxy groups -OCH3 is 1. The minimum atomic E-state index is -0.175. The molecule has 0 atom stereocenters. The third-order valence-corrected chi connectivity index (χ3v) is 6.79. The van der Waals surface area contributed by atoms with E-state index in [-0.39, 0.29) is 24.8 Å². The van der Waals surface area contributed by atoms with Gasteiger partial charge in [0.1, 0.15) is 17.3 Å². The number of ether oxygens (including phenoxy) is 1. The van der Waals surface area contributed by atoms with E-state index in [1.165, 1.54) is 16.9 Å². The molecule has 31 heavy (non-hydrogen) atoms. The number of hydrogen-bond donors (Lipinski definition) is 0. The van der Waals surface area contributed by atoms with Crippen LogP contribution in [0.2, 0.25) is 0 Å². The van der Waals surface area contributed by atoms with Gasteiger partial charge in [-0.3, -0.25) is 19.5 Å². The maximum Gasteiger partial charge on any atom is 0.249 e. The second-order valence-corrected chi connectivity index (χ2v) is 8.83. The van der Waals surface area contributed by atoms with E-state index >= 15 is 0 Å². The van der Waals surface area contributed by atoms with Crippen LogP contribution in [0.25, 0.3) is 0 Å². The molecule has 0 aliphatic carbocycles. The molecule has 0 saturated heterocycles. The molecule has 2 aromatic carbocycles. The van der Waals surface area contributed by atoms with E-state index in [0.717, 1.165) is 32.3 Å². The van der Waals surface area contributed by atoms with Crippen LogP contribution in [0.5, 0.6) is 5.75 Å². The highest BCUT2D eigenvalue weighted by molar-refractivity contribution is 7.17. The zero-order valence-corrected chi connectivity index (χ0v) is 18.9. The number of aliphatic imine (C=N–C) groups is 1. The molecule has 0 bridgehead atoms. The third kappa shape index (κ3) is 4.03. The largest absolute Gasteiger partial charge is 0.497 e. The van der Waals surface area contributed by atoms with Crippen LogP contribution in [0.1, 0.15) is 37.5 Å². The predicted molar refractivity (Wildman–Crippen MR) is 125 cm³/mol. The summed E-state index contributed by atoms with van der Waals surface area (Å²) >= 11 is 1.54. The minimum absolute atomic E-state index is 0.0129. The van der Waals surface area contributed by atoms with E-state index in [9.17, 15) is 9.59 Å². The molecule has 1 aliphatic heterocycles. The van der Waals surface area contributed by atoms with Gasteiger partial charge in [0, 0.05) is 21.6 Å². The molecule has 158 valence electrons. The molecule has 0 fully saturated rings. The SMILES string of the molecule is COc1ccc(C(=O)CN2C(=O)CN=C(c3ccc(C)cc3)c3c2sc(C)c3C)cc1. The second kappa shape index (κ2) is 8.47. The molecule has 5 nitrogen and oxygen atoms in total. The average Bonchev–Trinajstić information content (AvgIpc) is 2.99. The topological polar surface area (TPSA) is 59.0 Å². The van der Waals surface area contributed by atoms with Gasteiger partial charge in [-0.1, -0.05) is 29.8 Å². The van der Waals surface area contributed by atoms with Gasteiger partial charge >= 0.3 is 0 Å². The van der Waals surface area contributed by atoms with Crippen LogP contribution in [0.3, 0.4) is 0 Å². The Kier molecular flexibility index (Phi) is 5.74. The van der Waals surface area contributed by atoms with Crippen LogP contribution >= 0.6 is 11.3 Å². The summed E-state index contributed by atoms with van der Waals surface area (Å²) in [5.41, 5.74) is 5.53. The highest BCUT2D eigenvalue weighted by Crippen LogP contribution is 2.38. The molecule has 2 heterocycles. The number of carbonyl (C=O) groups excluding carboxylic acids is 2. The summed E-state index contributed by atoms with van der Waals surface area (Å²) < 4.78 is 5.17. The molecule has 6 heteroatoms. The van der Waals surface area contributed by atoms with E-state index in [4.69, 9.17) is 4.74 Å². The molecule has 0 radical (unpaired) electrons. The number of nitrogens with zero attached hydrogens (tertiary/aromatic N) is 2. The summed E-state index contributed by atoms with van der Waals surface area (Å²) in [4.78, 5) is 33.4. The molecule has 4 rings (SSSR count). The van der Waals surface area contributed by atoms with Crippen LogP contribution < -0.4 is 9.64 Å². The Morgan fingerprint density at radius 3 is 2.39 bits per heavy atom. The monoisotopic (exact) mass is 432 g/mol. The molecule has 3 aromatic rings. The average molecular weight is 433 g/mol. The van der Waals surface area contributed by atoms with Crippen molar-refractivity contribution in [3.05, 3.63) is 81.2 Å². The van der Waals surface area contributed by atoms with Crippen LogP contribution in [0.4, 0.5) is 5.00 Å². The lowest BCUT2D eigenvalue weighted by Crippen LogP contribution is -2.36. The lowest BCUT2D eigenvalue weighted by molar-refractivity contribution is -0.117. The first-order valence-electron chi connectivity index (χ1n) is 10.1. The number of carbonyl (C=O) groups is 2. The van der Waals surface area contributed by atoms with Gasteiger partial charge in [-0.2, -0.15) is 0 Å². The Hall–Kier alpha value is -3.25. The smallest absolute Gasteiger partial charge is 0.249 e. The van der Waals surface area contributed by atoms with Crippen molar-refractivity contribution in [2.45, 2.75) is 20.8 Å². The van der Waals surface area contributed by atoms with E-state index in [2.05, 4.69) is 4.99 Å². The zero-order valence-electron chi connectivity index (χ0n) is 18.1. The number of ketones is 1. The number of rotatable bonds is 5. The number of benzene rings is 2. The van der Waals surface area contributed by atoms with Gasteiger partial charge < -0.3 is 4.74 Å². The van der Waals surface area contributed by atoms with Crippen LogP contribution in [0.15, 0.2) is 53.5 Å². The van der Waals surface area contributed by atoms with Crippen molar-refractivity contribution in [1.82, 2.24) is 0 Å². The van der Waals surface area contributed by atoms with Crippen molar-refractivity contribution in [2.24, 2.45) is 4.99 Å². The zero-order chi connectivity index (χ0) is 22.1. The van der Waals surface area contributed by atoms with Gasteiger partial charge in [0.2, 0.25) is 5.91 Å². The molecule has 0 N–H and O–H groups in total.